The van der Waals surface area contributed by atoms with Gasteiger partial charge in [-0.2, -0.15) is 0 Å². The van der Waals surface area contributed by atoms with E-state index in [-0.39, 0.29) is 6.54 Å². The molecule has 2 fully saturated rings. The van der Waals surface area contributed by atoms with E-state index in [9.17, 15) is 18.4 Å². The molecule has 0 aliphatic carbocycles. The lowest BCUT2D eigenvalue weighted by atomic mass is 9.83. The number of hydrogen-bond donors (Lipinski definition) is 1. The third-order valence-corrected chi connectivity index (χ3v) is 4.19. The van der Waals surface area contributed by atoms with Crippen molar-refractivity contribution in [3.05, 3.63) is 12.7 Å². The highest BCUT2D eigenvalue weighted by molar-refractivity contribution is 7.74. The van der Waals surface area contributed by atoms with Gasteiger partial charge in [0.05, 0.1) is 23.6 Å². The topological polar surface area (TPSA) is 114 Å². The van der Waals surface area contributed by atoms with E-state index in [4.69, 9.17) is 13.7 Å². The average molecular weight is 318 g/mol. The van der Waals surface area contributed by atoms with Crippen molar-refractivity contribution in [3.63, 3.8) is 0 Å². The van der Waals surface area contributed by atoms with Crippen LogP contribution in [0.25, 0.3) is 0 Å². The van der Waals surface area contributed by atoms with Gasteiger partial charge in [0.15, 0.2) is 6.10 Å². The second-order valence-electron chi connectivity index (χ2n) is 5.04. The molecule has 2 heterocycles. The Hall–Kier alpha value is -1.29. The number of hydrogen-bond acceptors (Lipinski definition) is 7. The van der Waals surface area contributed by atoms with E-state index in [0.29, 0.717) is 12.8 Å². The predicted octanol–water partition coefficient (Wildman–Crippen LogP) is -0.669. The van der Waals surface area contributed by atoms with Crippen LogP contribution in [0, 0.1) is 0 Å². The molecule has 0 spiro atoms. The zero-order valence-corrected chi connectivity index (χ0v) is 12.2. The first-order chi connectivity index (χ1) is 9.86. The standard InChI is InChI=1S/C12H17NO7S/c1-3-9(14)13-6-10(15)19-11-7-4-5-8(18-7)12(11,2)20-21(16)17/h3,7-8,11H,1,4-6H2,2H3,(H,13,14)(H,16,17)/p-1. The molecule has 2 bridgehead atoms. The van der Waals surface area contributed by atoms with Gasteiger partial charge in [-0.1, -0.05) is 6.58 Å². The van der Waals surface area contributed by atoms with Crippen molar-refractivity contribution in [2.45, 2.75) is 43.7 Å². The van der Waals surface area contributed by atoms with E-state index in [0.717, 1.165) is 6.08 Å². The summed E-state index contributed by atoms with van der Waals surface area (Å²) in [6.45, 7) is 4.45. The summed E-state index contributed by atoms with van der Waals surface area (Å²) < 4.78 is 37.4. The van der Waals surface area contributed by atoms with Crippen LogP contribution in [0.4, 0.5) is 0 Å². The molecular weight excluding hydrogens is 302 g/mol. The van der Waals surface area contributed by atoms with Crippen LogP contribution in [0.15, 0.2) is 12.7 Å². The highest BCUT2D eigenvalue weighted by atomic mass is 32.2. The fourth-order valence-electron chi connectivity index (χ4n) is 2.71. The average Bonchev–Trinajstić information content (AvgIpc) is 2.98. The van der Waals surface area contributed by atoms with Crippen LogP contribution in [0.3, 0.4) is 0 Å². The molecule has 2 rings (SSSR count). The first-order valence-corrected chi connectivity index (χ1v) is 7.40. The third-order valence-electron chi connectivity index (χ3n) is 3.69. The van der Waals surface area contributed by atoms with Crippen molar-refractivity contribution in [3.8, 4) is 0 Å². The lowest BCUT2D eigenvalue weighted by Crippen LogP contribution is -2.53. The van der Waals surface area contributed by atoms with Gasteiger partial charge in [0.25, 0.3) is 0 Å². The minimum absolute atomic E-state index is 0.338. The van der Waals surface area contributed by atoms with Crippen LogP contribution < -0.4 is 5.32 Å². The van der Waals surface area contributed by atoms with Crippen LogP contribution in [-0.4, -0.2) is 51.1 Å². The van der Waals surface area contributed by atoms with Crippen LogP contribution in [0.1, 0.15) is 19.8 Å². The van der Waals surface area contributed by atoms with Crippen molar-refractivity contribution in [1.82, 2.24) is 5.32 Å². The summed E-state index contributed by atoms with van der Waals surface area (Å²) in [7, 11) is 0. The second kappa shape index (κ2) is 6.22. The Morgan fingerprint density at radius 1 is 1.57 bits per heavy atom. The van der Waals surface area contributed by atoms with Crippen LogP contribution in [0.5, 0.6) is 0 Å². The normalized spacial score (nSPS) is 35.2. The fraction of sp³-hybridized carbons (Fsp3) is 0.667. The second-order valence-corrected chi connectivity index (χ2v) is 5.62. The van der Waals surface area contributed by atoms with Crippen molar-refractivity contribution in [2.75, 3.05) is 6.54 Å². The SMILES string of the molecule is C=CC(=O)NCC(=O)OC1C2CCC(O2)C1(C)OS(=O)[O-]. The molecule has 2 aliphatic rings. The number of fused-ring (bicyclic) bond motifs is 2. The maximum atomic E-state index is 11.7. The molecule has 9 heteroatoms. The van der Waals surface area contributed by atoms with Gasteiger partial charge in [0.1, 0.15) is 12.1 Å². The Labute approximate surface area is 124 Å². The highest BCUT2D eigenvalue weighted by Crippen LogP contribution is 2.45. The van der Waals surface area contributed by atoms with Crippen molar-refractivity contribution < 1.29 is 32.0 Å². The summed E-state index contributed by atoms with van der Waals surface area (Å²) in [5, 5.41) is 2.28. The lowest BCUT2D eigenvalue weighted by Gasteiger charge is -2.37. The molecule has 2 aliphatic heterocycles. The molecule has 8 nitrogen and oxygen atoms in total. The molecule has 5 atom stereocenters. The van der Waals surface area contributed by atoms with Crippen LogP contribution in [0.2, 0.25) is 0 Å². The summed E-state index contributed by atoms with van der Waals surface area (Å²) in [4.78, 5) is 22.7. The minimum atomic E-state index is -2.75. The van der Waals surface area contributed by atoms with Crippen molar-refractivity contribution >= 4 is 23.2 Å². The van der Waals surface area contributed by atoms with Gasteiger partial charge in [0.2, 0.25) is 5.91 Å². The van der Waals surface area contributed by atoms with Gasteiger partial charge in [-0.05, 0) is 25.8 Å². The smallest absolute Gasteiger partial charge is 0.325 e. The molecule has 21 heavy (non-hydrogen) atoms. The molecule has 0 aromatic carbocycles. The Bertz CT molecular complexity index is 482. The zero-order valence-electron chi connectivity index (χ0n) is 11.4. The largest absolute Gasteiger partial charge is 0.750 e. The van der Waals surface area contributed by atoms with Gasteiger partial charge in [-0.25, -0.2) is 4.21 Å². The van der Waals surface area contributed by atoms with Gasteiger partial charge in [-0.15, -0.1) is 0 Å². The third kappa shape index (κ3) is 3.31. The number of amides is 1. The zero-order chi connectivity index (χ0) is 15.6. The monoisotopic (exact) mass is 318 g/mol. The maximum absolute atomic E-state index is 11.7. The minimum Gasteiger partial charge on any atom is -0.750 e. The molecule has 0 aromatic rings. The van der Waals surface area contributed by atoms with Crippen molar-refractivity contribution in [2.24, 2.45) is 0 Å². The fourth-order valence-corrected chi connectivity index (χ4v) is 3.21. The molecule has 5 unspecified atom stereocenters. The van der Waals surface area contributed by atoms with Crippen molar-refractivity contribution in [1.29, 1.82) is 0 Å². The summed E-state index contributed by atoms with van der Waals surface area (Å²) in [5.41, 5.74) is -1.24. The van der Waals surface area contributed by atoms with Gasteiger partial charge in [0, 0.05) is 0 Å². The number of carbonyl (C=O) groups excluding carboxylic acids is 2. The van der Waals surface area contributed by atoms with E-state index >= 15 is 0 Å². The molecule has 1 N–H and O–H groups in total. The van der Waals surface area contributed by atoms with Gasteiger partial charge < -0.3 is 19.3 Å². The van der Waals surface area contributed by atoms with Crippen LogP contribution >= 0.6 is 0 Å². The number of nitrogens with one attached hydrogen (secondary N) is 1. The molecule has 1 amide bonds. The highest BCUT2D eigenvalue weighted by Gasteiger charge is 2.61. The van der Waals surface area contributed by atoms with E-state index < -0.39 is 47.2 Å². The molecule has 0 aromatic heterocycles. The molecule has 0 saturated carbocycles. The molecule has 118 valence electrons. The Balaban J connectivity index is 2.00. The van der Waals surface area contributed by atoms with E-state index in [1.165, 1.54) is 6.92 Å². The predicted molar refractivity (Wildman–Crippen MR) is 69.4 cm³/mol. The summed E-state index contributed by atoms with van der Waals surface area (Å²) >= 11 is -2.75. The van der Waals surface area contributed by atoms with Gasteiger partial charge >= 0.3 is 5.97 Å². The van der Waals surface area contributed by atoms with E-state index in [2.05, 4.69) is 11.9 Å². The quantitative estimate of drug-likeness (QED) is 0.392. The Kier molecular flexibility index (Phi) is 4.77. The van der Waals surface area contributed by atoms with E-state index in [1.807, 2.05) is 0 Å². The van der Waals surface area contributed by atoms with Gasteiger partial charge in [-0.3, -0.25) is 13.8 Å². The Morgan fingerprint density at radius 2 is 2.29 bits per heavy atom. The summed E-state index contributed by atoms with van der Waals surface area (Å²) in [6.07, 6.45) is 0.652. The maximum Gasteiger partial charge on any atom is 0.325 e. The van der Waals surface area contributed by atoms with E-state index in [1.54, 1.807) is 0 Å². The number of carbonyl (C=O) groups is 2. The number of esters is 1. The Morgan fingerprint density at radius 3 is 2.90 bits per heavy atom. The number of rotatable bonds is 6. The summed E-state index contributed by atoms with van der Waals surface area (Å²) in [5.74, 6) is -1.20. The van der Waals surface area contributed by atoms with Crippen LogP contribution in [-0.2, 0) is 34.6 Å². The molecule has 0 radical (unpaired) electrons. The molecule has 2 saturated heterocycles. The molecular formula is C12H16NO7S-. The first-order valence-electron chi connectivity index (χ1n) is 6.40. The first kappa shape index (κ1) is 16.1. The summed E-state index contributed by atoms with van der Waals surface area (Å²) in [6, 6.07) is 0. The lowest BCUT2D eigenvalue weighted by molar-refractivity contribution is -0.160. The number of ether oxygens (including phenoxy) is 2.